The van der Waals surface area contributed by atoms with E-state index in [4.69, 9.17) is 26.8 Å². The molecule has 3 aromatic rings. The third kappa shape index (κ3) is 7.23. The van der Waals surface area contributed by atoms with Gasteiger partial charge in [0.1, 0.15) is 23.0 Å². The predicted octanol–water partition coefficient (Wildman–Crippen LogP) is 4.15. The molecule has 1 heterocycles. The van der Waals surface area contributed by atoms with Crippen LogP contribution >= 0.6 is 11.6 Å². The predicted molar refractivity (Wildman–Crippen MR) is 121 cm³/mol. The van der Waals surface area contributed by atoms with Gasteiger partial charge in [0.05, 0.1) is 34.7 Å². The minimum Gasteiger partial charge on any atom is -0.497 e. The number of hydrogen-bond acceptors (Lipinski definition) is 8. The number of nitrogens with one attached hydrogen (secondary N) is 1. The number of halogens is 4. The van der Waals surface area contributed by atoms with E-state index in [1.165, 1.54) is 13.4 Å². The van der Waals surface area contributed by atoms with Crippen LogP contribution in [-0.4, -0.2) is 45.0 Å². The average molecular weight is 523 g/mol. The highest BCUT2D eigenvalue weighted by molar-refractivity contribution is 7.89. The number of nitrogens with two attached hydrogens (primary N) is 1. The van der Waals surface area contributed by atoms with Crippen LogP contribution < -0.4 is 24.7 Å². The molecule has 14 heteroatoms. The van der Waals surface area contributed by atoms with Crippen molar-refractivity contribution < 1.29 is 35.8 Å². The van der Waals surface area contributed by atoms with Crippen molar-refractivity contribution in [3.8, 4) is 17.2 Å². The highest BCUT2D eigenvalue weighted by Crippen LogP contribution is 2.34. The van der Waals surface area contributed by atoms with Gasteiger partial charge in [-0.05, 0) is 39.1 Å². The maximum atomic E-state index is 11.9. The summed E-state index contributed by atoms with van der Waals surface area (Å²) >= 11 is 6.07. The molecule has 0 bridgehead atoms. The van der Waals surface area contributed by atoms with Crippen LogP contribution in [0.25, 0.3) is 10.9 Å². The molecule has 34 heavy (non-hydrogen) atoms. The zero-order valence-electron chi connectivity index (χ0n) is 18.5. The zero-order valence-corrected chi connectivity index (χ0v) is 20.0. The SMILES string of the molecule is CNS(=O)(=O)c1ccc(OC(F)(F)F)c(N)c1.COc1cc(OC(C)C)c2c(Cl)ncnc2c1. The molecule has 3 rings (SSSR count). The van der Waals surface area contributed by atoms with Gasteiger partial charge in [0.15, 0.2) is 5.75 Å². The Morgan fingerprint density at radius 3 is 2.32 bits per heavy atom. The molecule has 3 N–H and O–H groups in total. The third-order valence-corrected chi connectivity index (χ3v) is 5.71. The van der Waals surface area contributed by atoms with Crippen molar-refractivity contribution in [2.24, 2.45) is 0 Å². The maximum Gasteiger partial charge on any atom is 0.573 e. The Hall–Kier alpha value is -3.03. The molecule has 0 aliphatic carbocycles. The molecule has 0 amide bonds. The van der Waals surface area contributed by atoms with E-state index >= 15 is 0 Å². The van der Waals surface area contributed by atoms with Gasteiger partial charge in [0, 0.05) is 12.1 Å². The van der Waals surface area contributed by atoms with Crippen molar-refractivity contribution in [3.63, 3.8) is 0 Å². The second kappa shape index (κ2) is 10.9. The first-order valence-electron chi connectivity index (χ1n) is 9.51. The van der Waals surface area contributed by atoms with Gasteiger partial charge in [-0.2, -0.15) is 0 Å². The molecule has 0 spiro atoms. The number of rotatable bonds is 6. The highest BCUT2D eigenvalue weighted by atomic mass is 35.5. The van der Waals surface area contributed by atoms with E-state index in [0.717, 1.165) is 18.2 Å². The number of aromatic nitrogens is 2. The van der Waals surface area contributed by atoms with Crippen molar-refractivity contribution in [2.75, 3.05) is 19.9 Å². The van der Waals surface area contributed by atoms with E-state index in [9.17, 15) is 21.6 Å². The Bertz CT molecular complexity index is 1260. The summed E-state index contributed by atoms with van der Waals surface area (Å²) in [6.07, 6.45) is -3.41. The van der Waals surface area contributed by atoms with Gasteiger partial charge in [-0.15, -0.1) is 13.2 Å². The van der Waals surface area contributed by atoms with Gasteiger partial charge in [-0.3, -0.25) is 0 Å². The van der Waals surface area contributed by atoms with Crippen LogP contribution in [0.15, 0.2) is 41.6 Å². The maximum absolute atomic E-state index is 11.9. The molecule has 0 saturated heterocycles. The van der Waals surface area contributed by atoms with E-state index < -0.39 is 27.8 Å². The number of nitrogens with zero attached hydrogens (tertiary/aromatic N) is 2. The molecule has 0 saturated carbocycles. The molecule has 2 aromatic carbocycles. The number of anilines is 1. The van der Waals surface area contributed by atoms with Crippen LogP contribution in [0.2, 0.25) is 5.15 Å². The van der Waals surface area contributed by atoms with E-state index in [1.54, 1.807) is 19.2 Å². The lowest BCUT2D eigenvalue weighted by molar-refractivity contribution is -0.274. The molecule has 0 aliphatic heterocycles. The molecule has 0 atom stereocenters. The molecule has 9 nitrogen and oxygen atoms in total. The van der Waals surface area contributed by atoms with Gasteiger partial charge in [-0.1, -0.05) is 11.6 Å². The van der Waals surface area contributed by atoms with Crippen molar-refractivity contribution in [2.45, 2.75) is 31.2 Å². The molecular formula is C20H22ClF3N4O5S. The summed E-state index contributed by atoms with van der Waals surface area (Å²) < 4.78 is 74.9. The number of ether oxygens (including phenoxy) is 3. The van der Waals surface area contributed by atoms with Crippen molar-refractivity contribution in [1.29, 1.82) is 0 Å². The first kappa shape index (κ1) is 27.2. The summed E-state index contributed by atoms with van der Waals surface area (Å²) in [7, 11) is -0.975. The summed E-state index contributed by atoms with van der Waals surface area (Å²) in [5, 5.41) is 1.09. The number of alkyl halides is 3. The summed E-state index contributed by atoms with van der Waals surface area (Å²) in [6, 6.07) is 6.27. The first-order valence-corrected chi connectivity index (χ1v) is 11.4. The van der Waals surface area contributed by atoms with E-state index in [-0.39, 0.29) is 11.0 Å². The fourth-order valence-electron chi connectivity index (χ4n) is 2.59. The largest absolute Gasteiger partial charge is 0.573 e. The van der Waals surface area contributed by atoms with E-state index in [0.29, 0.717) is 27.6 Å². The fraction of sp³-hybridized carbons (Fsp3) is 0.300. The molecule has 0 fully saturated rings. The van der Waals surface area contributed by atoms with Gasteiger partial charge in [0.25, 0.3) is 0 Å². The second-order valence-corrected chi connectivity index (χ2v) is 9.05. The third-order valence-electron chi connectivity index (χ3n) is 4.01. The number of fused-ring (bicyclic) bond motifs is 1. The van der Waals surface area contributed by atoms with Crippen LogP contribution in [0.4, 0.5) is 18.9 Å². The molecule has 0 aliphatic rings. The standard InChI is InChI=1S/C12H13ClN2O2.C8H9F3N2O3S/c1-7(2)17-10-5-8(16-3)4-9-11(10)12(13)15-6-14-9;1-13-17(14,15)5-2-3-7(6(12)4-5)16-8(9,10)11/h4-7H,1-3H3;2-4,13H,12H2,1H3. The molecular weight excluding hydrogens is 501 g/mol. The highest BCUT2D eigenvalue weighted by Gasteiger charge is 2.32. The Morgan fingerprint density at radius 1 is 1.12 bits per heavy atom. The smallest absolute Gasteiger partial charge is 0.497 e. The topological polar surface area (TPSA) is 126 Å². The summed E-state index contributed by atoms with van der Waals surface area (Å²) in [6.45, 7) is 3.89. The van der Waals surface area contributed by atoms with E-state index in [2.05, 4.69) is 14.7 Å². The Labute approximate surface area is 199 Å². The van der Waals surface area contributed by atoms with Crippen LogP contribution in [0.3, 0.4) is 0 Å². The quantitative estimate of drug-likeness (QED) is 0.365. The van der Waals surface area contributed by atoms with Crippen LogP contribution in [0.5, 0.6) is 17.2 Å². The lowest BCUT2D eigenvalue weighted by Gasteiger charge is -2.13. The first-order chi connectivity index (χ1) is 15.8. The number of methoxy groups -OCH3 is 1. The Balaban J connectivity index is 0.000000240. The van der Waals surface area contributed by atoms with E-state index in [1.807, 2.05) is 18.6 Å². The zero-order chi connectivity index (χ0) is 25.7. The van der Waals surface area contributed by atoms with Crippen LogP contribution in [0, 0.1) is 0 Å². The monoisotopic (exact) mass is 522 g/mol. The molecule has 186 valence electrons. The normalized spacial score (nSPS) is 11.7. The van der Waals surface area contributed by atoms with Gasteiger partial charge < -0.3 is 19.9 Å². The molecule has 0 unspecified atom stereocenters. The number of hydrogen-bond donors (Lipinski definition) is 2. The van der Waals surface area contributed by atoms with Gasteiger partial charge >= 0.3 is 6.36 Å². The summed E-state index contributed by atoms with van der Waals surface area (Å²) in [4.78, 5) is 7.88. The van der Waals surface area contributed by atoms with Crippen molar-refractivity contribution >= 4 is 38.2 Å². The Kier molecular flexibility index (Phi) is 8.75. The lowest BCUT2D eigenvalue weighted by atomic mass is 10.2. The number of sulfonamides is 1. The second-order valence-electron chi connectivity index (χ2n) is 6.81. The van der Waals surface area contributed by atoms with Gasteiger partial charge in [0.2, 0.25) is 10.0 Å². The number of nitrogen functional groups attached to an aromatic ring is 1. The van der Waals surface area contributed by atoms with Gasteiger partial charge in [-0.25, -0.2) is 23.1 Å². The average Bonchev–Trinajstić information content (AvgIpc) is 2.74. The summed E-state index contributed by atoms with van der Waals surface area (Å²) in [5.74, 6) is 0.676. The molecule has 1 aromatic heterocycles. The lowest BCUT2D eigenvalue weighted by Crippen LogP contribution is -2.20. The van der Waals surface area contributed by atoms with Crippen LogP contribution in [0.1, 0.15) is 13.8 Å². The fourth-order valence-corrected chi connectivity index (χ4v) is 3.58. The minimum absolute atomic E-state index is 0.0431. The number of benzene rings is 2. The Morgan fingerprint density at radius 2 is 1.79 bits per heavy atom. The van der Waals surface area contributed by atoms with Crippen LogP contribution in [-0.2, 0) is 10.0 Å². The summed E-state index contributed by atoms with van der Waals surface area (Å²) in [5.41, 5.74) is 5.55. The minimum atomic E-state index is -4.88. The molecule has 0 radical (unpaired) electrons. The van der Waals surface area contributed by atoms with Crippen molar-refractivity contribution in [1.82, 2.24) is 14.7 Å². The van der Waals surface area contributed by atoms with Crippen molar-refractivity contribution in [3.05, 3.63) is 41.8 Å².